The van der Waals surface area contributed by atoms with Gasteiger partial charge in [0.15, 0.2) is 0 Å². The molecule has 0 bridgehead atoms. The standard InChI is InChI=1S/C19H23NO3/c1-3-17(15-10-16(21)11-15)20-19(22)14-7-5-13(6-8-14)18-9-4-12(2)23-18/h4-9,15-17,21H,3,10-11H2,1-2H3,(H,20,22)/t15?,16?,17-/m1/s1. The normalized spacial score (nSPS) is 21.5. The average Bonchev–Trinajstić information content (AvgIpc) is 2.96. The smallest absolute Gasteiger partial charge is 0.251 e. The van der Waals surface area contributed by atoms with Gasteiger partial charge in [0.05, 0.1) is 6.10 Å². The van der Waals surface area contributed by atoms with E-state index in [9.17, 15) is 9.90 Å². The second-order valence-corrected chi connectivity index (χ2v) is 6.36. The molecule has 1 atom stereocenters. The molecule has 2 N–H and O–H groups in total. The zero-order valence-corrected chi connectivity index (χ0v) is 13.6. The lowest BCUT2D eigenvalue weighted by molar-refractivity contribution is 0.0232. The molecule has 0 saturated heterocycles. The molecule has 1 aliphatic carbocycles. The van der Waals surface area contributed by atoms with Crippen LogP contribution in [0, 0.1) is 12.8 Å². The van der Waals surface area contributed by atoms with E-state index >= 15 is 0 Å². The third kappa shape index (κ3) is 3.48. The van der Waals surface area contributed by atoms with Crippen molar-refractivity contribution >= 4 is 5.91 Å². The summed E-state index contributed by atoms with van der Waals surface area (Å²) in [4.78, 5) is 12.4. The van der Waals surface area contributed by atoms with Crippen LogP contribution in [0.4, 0.5) is 0 Å². The first-order chi connectivity index (χ1) is 11.1. The van der Waals surface area contributed by atoms with Crippen LogP contribution in [-0.2, 0) is 0 Å². The second kappa shape index (κ2) is 6.59. The van der Waals surface area contributed by atoms with Crippen molar-refractivity contribution < 1.29 is 14.3 Å². The molecule has 3 rings (SSSR count). The summed E-state index contributed by atoms with van der Waals surface area (Å²) in [7, 11) is 0. The predicted octanol–water partition coefficient (Wildman–Crippen LogP) is 3.53. The van der Waals surface area contributed by atoms with Gasteiger partial charge in [0.1, 0.15) is 11.5 Å². The van der Waals surface area contributed by atoms with Crippen molar-refractivity contribution in [3.63, 3.8) is 0 Å². The minimum atomic E-state index is -0.193. The lowest BCUT2D eigenvalue weighted by Gasteiger charge is -2.37. The van der Waals surface area contributed by atoms with Crippen molar-refractivity contribution in [2.24, 2.45) is 5.92 Å². The molecule has 122 valence electrons. The van der Waals surface area contributed by atoms with Gasteiger partial charge in [0, 0.05) is 17.2 Å². The van der Waals surface area contributed by atoms with Crippen LogP contribution in [0.25, 0.3) is 11.3 Å². The number of carbonyl (C=O) groups is 1. The highest BCUT2D eigenvalue weighted by Crippen LogP contribution is 2.31. The number of hydrogen-bond acceptors (Lipinski definition) is 3. The molecule has 1 aromatic carbocycles. The zero-order chi connectivity index (χ0) is 16.4. The van der Waals surface area contributed by atoms with Crippen LogP contribution in [0.2, 0.25) is 0 Å². The van der Waals surface area contributed by atoms with Crippen LogP contribution in [0.5, 0.6) is 0 Å². The molecular formula is C19H23NO3. The van der Waals surface area contributed by atoms with Crippen LogP contribution >= 0.6 is 0 Å². The summed E-state index contributed by atoms with van der Waals surface area (Å²) in [6.45, 7) is 3.98. The molecule has 0 spiro atoms. The summed E-state index contributed by atoms with van der Waals surface area (Å²) in [6.07, 6.45) is 2.26. The number of aryl methyl sites for hydroxylation is 1. The van der Waals surface area contributed by atoms with Crippen LogP contribution in [0.15, 0.2) is 40.8 Å². The Kier molecular flexibility index (Phi) is 4.53. The van der Waals surface area contributed by atoms with Crippen LogP contribution in [0.1, 0.15) is 42.3 Å². The number of carbonyl (C=O) groups excluding carboxylic acids is 1. The fourth-order valence-corrected chi connectivity index (χ4v) is 3.14. The molecule has 1 fully saturated rings. The van der Waals surface area contributed by atoms with E-state index in [-0.39, 0.29) is 18.1 Å². The van der Waals surface area contributed by atoms with Crippen LogP contribution < -0.4 is 5.32 Å². The van der Waals surface area contributed by atoms with E-state index in [4.69, 9.17) is 4.42 Å². The zero-order valence-electron chi connectivity index (χ0n) is 13.6. The molecule has 23 heavy (non-hydrogen) atoms. The summed E-state index contributed by atoms with van der Waals surface area (Å²) >= 11 is 0. The Labute approximate surface area is 136 Å². The Morgan fingerprint density at radius 2 is 1.96 bits per heavy atom. The van der Waals surface area contributed by atoms with E-state index in [2.05, 4.69) is 12.2 Å². The maximum absolute atomic E-state index is 12.4. The molecule has 0 unspecified atom stereocenters. The molecular weight excluding hydrogens is 290 g/mol. The van der Waals surface area contributed by atoms with Crippen molar-refractivity contribution in [3.8, 4) is 11.3 Å². The van der Waals surface area contributed by atoms with Crippen molar-refractivity contribution in [2.75, 3.05) is 0 Å². The molecule has 1 aromatic heterocycles. The van der Waals surface area contributed by atoms with Crippen molar-refractivity contribution in [1.29, 1.82) is 0 Å². The summed E-state index contributed by atoms with van der Waals surface area (Å²) < 4.78 is 5.59. The lowest BCUT2D eigenvalue weighted by atomic mass is 9.76. The van der Waals surface area contributed by atoms with E-state index < -0.39 is 0 Å². The van der Waals surface area contributed by atoms with E-state index in [0.717, 1.165) is 36.3 Å². The Morgan fingerprint density at radius 3 is 2.48 bits per heavy atom. The molecule has 1 saturated carbocycles. The van der Waals surface area contributed by atoms with Gasteiger partial charge in [-0.05, 0) is 56.4 Å². The van der Waals surface area contributed by atoms with Crippen LogP contribution in [-0.4, -0.2) is 23.2 Å². The number of hydrogen-bond donors (Lipinski definition) is 2. The number of aliphatic hydroxyl groups is 1. The molecule has 0 aliphatic heterocycles. The van der Waals surface area contributed by atoms with E-state index in [1.165, 1.54) is 0 Å². The van der Waals surface area contributed by atoms with Gasteiger partial charge in [-0.2, -0.15) is 0 Å². The highest BCUT2D eigenvalue weighted by Gasteiger charge is 2.33. The van der Waals surface area contributed by atoms with Gasteiger partial charge in [-0.1, -0.05) is 19.1 Å². The topological polar surface area (TPSA) is 62.5 Å². The third-order valence-corrected chi connectivity index (χ3v) is 4.65. The monoisotopic (exact) mass is 313 g/mol. The summed E-state index contributed by atoms with van der Waals surface area (Å²) in [5.74, 6) is 2.02. The Hall–Kier alpha value is -2.07. The van der Waals surface area contributed by atoms with Crippen molar-refractivity contribution in [1.82, 2.24) is 5.32 Å². The quantitative estimate of drug-likeness (QED) is 0.887. The third-order valence-electron chi connectivity index (χ3n) is 4.65. The van der Waals surface area contributed by atoms with Gasteiger partial charge in [0.2, 0.25) is 0 Å². The minimum Gasteiger partial charge on any atom is -0.461 e. The number of benzene rings is 1. The number of rotatable bonds is 5. The molecule has 1 amide bonds. The second-order valence-electron chi connectivity index (χ2n) is 6.36. The summed E-state index contributed by atoms with van der Waals surface area (Å²) in [5, 5.41) is 12.5. The number of nitrogens with one attached hydrogen (secondary N) is 1. The number of aliphatic hydroxyl groups excluding tert-OH is 1. The van der Waals surface area contributed by atoms with E-state index in [0.29, 0.717) is 11.5 Å². The fourth-order valence-electron chi connectivity index (χ4n) is 3.14. The van der Waals surface area contributed by atoms with Gasteiger partial charge < -0.3 is 14.8 Å². The number of furan rings is 1. The molecule has 4 nitrogen and oxygen atoms in total. The Balaban J connectivity index is 1.65. The molecule has 1 aliphatic rings. The first kappa shape index (κ1) is 15.8. The van der Waals surface area contributed by atoms with Gasteiger partial charge in [0.25, 0.3) is 5.91 Å². The maximum Gasteiger partial charge on any atom is 0.251 e. The van der Waals surface area contributed by atoms with Gasteiger partial charge in [-0.15, -0.1) is 0 Å². The Bertz CT molecular complexity index is 668. The Morgan fingerprint density at radius 1 is 1.26 bits per heavy atom. The molecule has 0 radical (unpaired) electrons. The van der Waals surface area contributed by atoms with Crippen molar-refractivity contribution in [3.05, 3.63) is 47.7 Å². The first-order valence-corrected chi connectivity index (χ1v) is 8.22. The van der Waals surface area contributed by atoms with E-state index in [1.54, 1.807) is 0 Å². The maximum atomic E-state index is 12.4. The lowest BCUT2D eigenvalue weighted by Crippen LogP contribution is -2.46. The average molecular weight is 313 g/mol. The fraction of sp³-hybridized carbons (Fsp3) is 0.421. The summed E-state index contributed by atoms with van der Waals surface area (Å²) in [5.41, 5.74) is 1.61. The van der Waals surface area contributed by atoms with Gasteiger partial charge in [-0.25, -0.2) is 0 Å². The molecule has 4 heteroatoms. The number of amides is 1. The SMILES string of the molecule is CC[C@@H](NC(=O)c1ccc(-c2ccc(C)o2)cc1)C1CC(O)C1. The molecule has 2 aromatic rings. The predicted molar refractivity (Wildman–Crippen MR) is 89.2 cm³/mol. The van der Waals surface area contributed by atoms with E-state index in [1.807, 2.05) is 43.3 Å². The minimum absolute atomic E-state index is 0.0552. The van der Waals surface area contributed by atoms with Gasteiger partial charge in [-0.3, -0.25) is 4.79 Å². The largest absolute Gasteiger partial charge is 0.461 e. The molecule has 1 heterocycles. The highest BCUT2D eigenvalue weighted by molar-refractivity contribution is 5.94. The highest BCUT2D eigenvalue weighted by atomic mass is 16.3. The first-order valence-electron chi connectivity index (χ1n) is 8.22. The van der Waals surface area contributed by atoms with Crippen molar-refractivity contribution in [2.45, 2.75) is 45.3 Å². The summed E-state index contributed by atoms with van der Waals surface area (Å²) in [6, 6.07) is 11.4. The van der Waals surface area contributed by atoms with Gasteiger partial charge >= 0.3 is 0 Å². The van der Waals surface area contributed by atoms with Crippen LogP contribution in [0.3, 0.4) is 0 Å².